The fraction of sp³-hybridized carbons (Fsp3) is 0.385. The zero-order valence-electron chi connectivity index (χ0n) is 11.1. The lowest BCUT2D eigenvalue weighted by molar-refractivity contribution is -0.142. The number of carboxylic acids is 1. The molecule has 0 aliphatic rings. The highest BCUT2D eigenvalue weighted by molar-refractivity contribution is 7.99. The summed E-state index contributed by atoms with van der Waals surface area (Å²) in [7, 11) is 0. The van der Waals surface area contributed by atoms with Gasteiger partial charge in [0.05, 0.1) is 6.61 Å². The zero-order valence-corrected chi connectivity index (χ0v) is 11.9. The number of benzene rings is 1. The molecule has 0 unspecified atom stereocenters. The number of halogens is 2. The number of ether oxygens (including phenoxy) is 1. The van der Waals surface area contributed by atoms with E-state index in [0.29, 0.717) is 10.6 Å². The van der Waals surface area contributed by atoms with E-state index >= 15 is 0 Å². The molecule has 0 aliphatic carbocycles. The Morgan fingerprint density at radius 3 is 2.71 bits per heavy atom. The van der Waals surface area contributed by atoms with Gasteiger partial charge in [0.15, 0.2) is 11.6 Å². The molecule has 2 N–H and O–H groups in total. The molecule has 0 aromatic heterocycles. The third-order valence-corrected chi connectivity index (χ3v) is 3.28. The van der Waals surface area contributed by atoms with Gasteiger partial charge in [0.1, 0.15) is 6.61 Å². The summed E-state index contributed by atoms with van der Waals surface area (Å²) < 4.78 is 30.4. The number of hydrogen-bond acceptors (Lipinski definition) is 4. The summed E-state index contributed by atoms with van der Waals surface area (Å²) in [6.07, 6.45) is 0.211. The predicted octanol–water partition coefficient (Wildman–Crippen LogP) is 1.66. The molecule has 1 amide bonds. The van der Waals surface area contributed by atoms with Crippen LogP contribution in [0.5, 0.6) is 0 Å². The Balaban J connectivity index is 2.13. The summed E-state index contributed by atoms with van der Waals surface area (Å²) in [6.45, 7) is -0.0574. The van der Waals surface area contributed by atoms with Gasteiger partial charge in [0.25, 0.3) is 0 Å². The number of carbonyl (C=O) groups excluding carboxylic acids is 1. The van der Waals surface area contributed by atoms with E-state index < -0.39 is 24.2 Å². The first-order valence-corrected chi connectivity index (χ1v) is 7.11. The van der Waals surface area contributed by atoms with Crippen molar-refractivity contribution in [2.45, 2.75) is 11.3 Å². The van der Waals surface area contributed by atoms with Crippen LogP contribution in [0.2, 0.25) is 0 Å². The van der Waals surface area contributed by atoms with Crippen LogP contribution in [0.15, 0.2) is 23.1 Å². The Kier molecular flexibility index (Phi) is 7.70. The van der Waals surface area contributed by atoms with E-state index in [1.54, 1.807) is 0 Å². The quantitative estimate of drug-likeness (QED) is 0.535. The van der Waals surface area contributed by atoms with Crippen LogP contribution >= 0.6 is 11.8 Å². The highest BCUT2D eigenvalue weighted by Gasteiger charge is 2.05. The average Bonchev–Trinajstić information content (AvgIpc) is 2.42. The van der Waals surface area contributed by atoms with Crippen LogP contribution in [-0.4, -0.2) is 42.5 Å². The summed E-state index contributed by atoms with van der Waals surface area (Å²) in [6, 6.07) is 3.57. The molecule has 1 aromatic carbocycles. The van der Waals surface area contributed by atoms with E-state index in [-0.39, 0.29) is 25.5 Å². The van der Waals surface area contributed by atoms with Crippen LogP contribution in [0.4, 0.5) is 8.78 Å². The second-order valence-electron chi connectivity index (χ2n) is 3.97. The maximum Gasteiger partial charge on any atom is 0.329 e. The summed E-state index contributed by atoms with van der Waals surface area (Å²) in [5, 5.41) is 10.9. The Morgan fingerprint density at radius 2 is 2.05 bits per heavy atom. The number of carboxylic acid groups (broad SMARTS) is 1. The lowest BCUT2D eigenvalue weighted by Gasteiger charge is -2.05. The summed E-state index contributed by atoms with van der Waals surface area (Å²) in [5.74, 6) is -2.68. The monoisotopic (exact) mass is 319 g/mol. The number of carbonyl (C=O) groups is 2. The van der Waals surface area contributed by atoms with E-state index in [2.05, 4.69) is 5.32 Å². The molecule has 0 saturated carbocycles. The van der Waals surface area contributed by atoms with Crippen molar-refractivity contribution in [1.29, 1.82) is 0 Å². The molecule has 0 heterocycles. The summed E-state index contributed by atoms with van der Waals surface area (Å²) in [5.41, 5.74) is 0. The number of rotatable bonds is 9. The average molecular weight is 319 g/mol. The van der Waals surface area contributed by atoms with E-state index in [1.165, 1.54) is 17.8 Å². The molecule has 5 nitrogen and oxygen atoms in total. The molecule has 1 aromatic rings. The molecule has 8 heteroatoms. The number of aliphatic carboxylic acids is 1. The lowest BCUT2D eigenvalue weighted by Crippen LogP contribution is -2.28. The second-order valence-corrected chi connectivity index (χ2v) is 5.14. The summed E-state index contributed by atoms with van der Waals surface area (Å²) in [4.78, 5) is 22.1. The Morgan fingerprint density at radius 1 is 1.29 bits per heavy atom. The Labute approximate surface area is 124 Å². The van der Waals surface area contributed by atoms with E-state index in [4.69, 9.17) is 9.84 Å². The first kappa shape index (κ1) is 17.4. The van der Waals surface area contributed by atoms with Crippen LogP contribution in [-0.2, 0) is 14.3 Å². The fourth-order valence-electron chi connectivity index (χ4n) is 1.34. The van der Waals surface area contributed by atoms with E-state index in [0.717, 1.165) is 12.1 Å². The highest BCUT2D eigenvalue weighted by Crippen LogP contribution is 2.20. The molecule has 0 atom stereocenters. The molecule has 21 heavy (non-hydrogen) atoms. The van der Waals surface area contributed by atoms with Gasteiger partial charge in [-0.05, 0) is 18.2 Å². The first-order chi connectivity index (χ1) is 9.99. The predicted molar refractivity (Wildman–Crippen MR) is 73.2 cm³/mol. The van der Waals surface area contributed by atoms with Gasteiger partial charge < -0.3 is 15.2 Å². The Hall–Kier alpha value is -1.67. The SMILES string of the molecule is O=C(O)COCCNC(=O)CCSc1ccc(F)c(F)c1. The number of amides is 1. The molecule has 0 bridgehead atoms. The van der Waals surface area contributed by atoms with Crippen molar-refractivity contribution in [3.63, 3.8) is 0 Å². The maximum atomic E-state index is 12.9. The van der Waals surface area contributed by atoms with Crippen LogP contribution in [0.1, 0.15) is 6.42 Å². The molecule has 0 spiro atoms. The molecular formula is C13H15F2NO4S. The van der Waals surface area contributed by atoms with Gasteiger partial charge in [-0.1, -0.05) is 0 Å². The second kappa shape index (κ2) is 9.30. The molecule has 0 aliphatic heterocycles. The Bertz CT molecular complexity index is 499. The van der Waals surface area contributed by atoms with Crippen molar-refractivity contribution in [3.8, 4) is 0 Å². The number of nitrogens with one attached hydrogen (secondary N) is 1. The zero-order chi connectivity index (χ0) is 15.7. The highest BCUT2D eigenvalue weighted by atomic mass is 32.2. The third-order valence-electron chi connectivity index (χ3n) is 2.28. The van der Waals surface area contributed by atoms with Gasteiger partial charge in [0, 0.05) is 23.6 Å². The van der Waals surface area contributed by atoms with E-state index in [1.807, 2.05) is 0 Å². The van der Waals surface area contributed by atoms with Gasteiger partial charge in [-0.3, -0.25) is 4.79 Å². The van der Waals surface area contributed by atoms with Crippen molar-refractivity contribution in [3.05, 3.63) is 29.8 Å². The van der Waals surface area contributed by atoms with Gasteiger partial charge >= 0.3 is 5.97 Å². The van der Waals surface area contributed by atoms with Crippen molar-refractivity contribution in [2.75, 3.05) is 25.5 Å². The van der Waals surface area contributed by atoms with Crippen LogP contribution in [0, 0.1) is 11.6 Å². The molecular weight excluding hydrogens is 304 g/mol. The van der Waals surface area contributed by atoms with Gasteiger partial charge in [-0.25, -0.2) is 13.6 Å². The fourth-order valence-corrected chi connectivity index (χ4v) is 2.21. The lowest BCUT2D eigenvalue weighted by atomic mass is 10.3. The molecule has 0 radical (unpaired) electrons. The normalized spacial score (nSPS) is 10.4. The molecule has 116 valence electrons. The molecule has 1 rings (SSSR count). The minimum absolute atomic E-state index is 0.119. The standard InChI is InChI=1S/C13H15F2NO4S/c14-10-2-1-9(7-11(10)15)21-6-3-12(17)16-4-5-20-8-13(18)19/h1-2,7H,3-6,8H2,(H,16,17)(H,18,19). The first-order valence-electron chi connectivity index (χ1n) is 6.13. The van der Waals surface area contributed by atoms with Gasteiger partial charge in [-0.2, -0.15) is 0 Å². The maximum absolute atomic E-state index is 12.9. The van der Waals surface area contributed by atoms with Crippen molar-refractivity contribution >= 4 is 23.6 Å². The van der Waals surface area contributed by atoms with Crippen molar-refractivity contribution in [2.24, 2.45) is 0 Å². The third kappa shape index (κ3) is 7.62. The molecule has 0 saturated heterocycles. The van der Waals surface area contributed by atoms with Crippen molar-refractivity contribution < 1.29 is 28.2 Å². The number of thioether (sulfide) groups is 1. The van der Waals surface area contributed by atoms with Gasteiger partial charge in [0.2, 0.25) is 5.91 Å². The van der Waals surface area contributed by atoms with E-state index in [9.17, 15) is 18.4 Å². The topological polar surface area (TPSA) is 75.6 Å². The summed E-state index contributed by atoms with van der Waals surface area (Å²) >= 11 is 1.24. The largest absolute Gasteiger partial charge is 0.480 e. The number of hydrogen-bond donors (Lipinski definition) is 2. The minimum Gasteiger partial charge on any atom is -0.480 e. The van der Waals surface area contributed by atoms with Crippen LogP contribution < -0.4 is 5.32 Å². The smallest absolute Gasteiger partial charge is 0.329 e. The van der Waals surface area contributed by atoms with Crippen LogP contribution in [0.25, 0.3) is 0 Å². The van der Waals surface area contributed by atoms with Crippen LogP contribution in [0.3, 0.4) is 0 Å². The van der Waals surface area contributed by atoms with Crippen molar-refractivity contribution in [1.82, 2.24) is 5.32 Å². The molecule has 0 fully saturated rings. The van der Waals surface area contributed by atoms with Gasteiger partial charge in [-0.15, -0.1) is 11.8 Å². The minimum atomic E-state index is -1.07.